The number of carboxylic acids is 1. The highest BCUT2D eigenvalue weighted by molar-refractivity contribution is 6.21. The molecular weight excluding hydrogens is 528 g/mol. The van der Waals surface area contributed by atoms with Gasteiger partial charge in [-0.1, -0.05) is 48.5 Å². The van der Waals surface area contributed by atoms with E-state index >= 15 is 0 Å². The van der Waals surface area contributed by atoms with Crippen LogP contribution in [0.5, 0.6) is 5.75 Å². The lowest BCUT2D eigenvalue weighted by atomic mass is 10.0. The predicted molar refractivity (Wildman–Crippen MR) is 150 cm³/mol. The number of benzodiazepines with no additional fused rings is 1. The number of rotatable bonds is 9. The first-order chi connectivity index (χ1) is 19.6. The molecule has 3 aromatic rings. The number of fused-ring (bicyclic) bond motifs is 1. The summed E-state index contributed by atoms with van der Waals surface area (Å²) in [5, 5.41) is 24.1. The number of aryl methyl sites for hydroxylation is 2. The van der Waals surface area contributed by atoms with E-state index in [1.807, 2.05) is 6.07 Å². The molecule has 0 spiro atoms. The second-order valence-corrected chi connectivity index (χ2v) is 9.53. The zero-order chi connectivity index (χ0) is 29.7. The van der Waals surface area contributed by atoms with Crippen LogP contribution in [0.15, 0.2) is 71.7 Å². The molecule has 0 bridgehead atoms. The number of aldehydes is 1. The average molecular weight is 557 g/mol. The molecule has 0 fully saturated rings. The van der Waals surface area contributed by atoms with Gasteiger partial charge in [-0.3, -0.25) is 24.1 Å². The van der Waals surface area contributed by atoms with Crippen molar-refractivity contribution in [1.29, 1.82) is 0 Å². The summed E-state index contributed by atoms with van der Waals surface area (Å²) in [7, 11) is 0. The second kappa shape index (κ2) is 12.2. The average Bonchev–Trinajstić information content (AvgIpc) is 3.06. The van der Waals surface area contributed by atoms with Crippen molar-refractivity contribution < 1.29 is 34.2 Å². The van der Waals surface area contributed by atoms with E-state index in [0.717, 1.165) is 4.90 Å². The van der Waals surface area contributed by atoms with E-state index in [1.165, 1.54) is 12.1 Å². The van der Waals surface area contributed by atoms with Gasteiger partial charge in [0.25, 0.3) is 11.8 Å². The Morgan fingerprint density at radius 2 is 1.66 bits per heavy atom. The summed E-state index contributed by atoms with van der Waals surface area (Å²) in [6.07, 6.45) is -1.76. The van der Waals surface area contributed by atoms with Crippen LogP contribution in [0.3, 0.4) is 0 Å². The zero-order valence-corrected chi connectivity index (χ0v) is 22.3. The number of aliphatic carboxylic acids is 1. The van der Waals surface area contributed by atoms with Crippen molar-refractivity contribution in [2.24, 2.45) is 4.99 Å². The number of phenolic OH excluding ortho intramolecular Hbond substituents is 1. The maximum atomic E-state index is 13.9. The number of amides is 3. The van der Waals surface area contributed by atoms with Crippen molar-refractivity contribution in [3.8, 4) is 5.75 Å². The number of hydrogen-bond donors (Lipinski definition) is 4. The highest BCUT2D eigenvalue weighted by Crippen LogP contribution is 2.29. The quantitative estimate of drug-likeness (QED) is 0.293. The van der Waals surface area contributed by atoms with Crippen LogP contribution in [0.1, 0.15) is 39.0 Å². The number of nitrogens with one attached hydrogen (secondary N) is 2. The number of carboxylic acid groups (broad SMARTS) is 1. The zero-order valence-electron chi connectivity index (χ0n) is 22.3. The fourth-order valence-electron chi connectivity index (χ4n) is 4.52. The number of carbonyl (C=O) groups excluding carboxylic acids is 4. The number of nitrogens with zero attached hydrogens (tertiary/aromatic N) is 2. The Hall–Kier alpha value is -5.32. The lowest BCUT2D eigenvalue weighted by molar-refractivity contribution is -0.138. The van der Waals surface area contributed by atoms with E-state index in [9.17, 15) is 29.1 Å². The summed E-state index contributed by atoms with van der Waals surface area (Å²) >= 11 is 0. The number of hydrogen-bond acceptors (Lipinski definition) is 7. The molecule has 210 valence electrons. The first-order valence-electron chi connectivity index (χ1n) is 12.7. The van der Waals surface area contributed by atoms with Crippen LogP contribution in [-0.4, -0.2) is 64.7 Å². The molecular formula is C30H28N4O7. The number of anilines is 1. The van der Waals surface area contributed by atoms with Crippen LogP contribution in [0.4, 0.5) is 5.69 Å². The minimum absolute atomic E-state index is 0.0561. The monoisotopic (exact) mass is 556 g/mol. The van der Waals surface area contributed by atoms with Gasteiger partial charge in [0, 0.05) is 16.7 Å². The van der Waals surface area contributed by atoms with Crippen molar-refractivity contribution in [1.82, 2.24) is 10.6 Å². The number of para-hydroxylation sites is 1. The van der Waals surface area contributed by atoms with Gasteiger partial charge < -0.3 is 25.6 Å². The normalized spacial score (nSPS) is 15.2. The van der Waals surface area contributed by atoms with Crippen LogP contribution < -0.4 is 15.5 Å². The molecule has 3 amide bonds. The molecule has 0 saturated carbocycles. The van der Waals surface area contributed by atoms with Crippen LogP contribution >= 0.6 is 0 Å². The maximum absolute atomic E-state index is 13.9. The van der Waals surface area contributed by atoms with Gasteiger partial charge >= 0.3 is 5.97 Å². The molecule has 0 aromatic heterocycles. The molecule has 2 atom stereocenters. The summed E-state index contributed by atoms with van der Waals surface area (Å²) in [5.41, 5.74) is 3.08. The number of aliphatic imine (C=N–C) groups is 1. The Balaban J connectivity index is 1.75. The Bertz CT molecular complexity index is 1530. The van der Waals surface area contributed by atoms with Crippen molar-refractivity contribution >= 4 is 41.4 Å². The van der Waals surface area contributed by atoms with Crippen LogP contribution in [0.2, 0.25) is 0 Å². The molecule has 0 saturated heterocycles. The third-order valence-corrected chi connectivity index (χ3v) is 6.48. The Morgan fingerprint density at radius 3 is 2.29 bits per heavy atom. The number of carbonyl (C=O) groups is 5. The molecule has 4 rings (SSSR count). The van der Waals surface area contributed by atoms with Gasteiger partial charge in [-0.05, 0) is 43.2 Å². The van der Waals surface area contributed by atoms with E-state index in [0.29, 0.717) is 39.9 Å². The van der Waals surface area contributed by atoms with Gasteiger partial charge in [-0.25, -0.2) is 4.99 Å². The van der Waals surface area contributed by atoms with Gasteiger partial charge in [0.05, 0.1) is 23.9 Å². The molecule has 11 heteroatoms. The molecule has 1 heterocycles. The Kier molecular flexibility index (Phi) is 8.57. The second-order valence-electron chi connectivity index (χ2n) is 9.53. The molecule has 0 aliphatic carbocycles. The largest absolute Gasteiger partial charge is 0.507 e. The summed E-state index contributed by atoms with van der Waals surface area (Å²) in [6, 6.07) is 17.5. The number of aromatic hydroxyl groups is 1. The van der Waals surface area contributed by atoms with E-state index < -0.39 is 48.9 Å². The van der Waals surface area contributed by atoms with Crippen molar-refractivity contribution in [2.45, 2.75) is 32.5 Å². The summed E-state index contributed by atoms with van der Waals surface area (Å²) in [5.74, 6) is -3.34. The Labute approximate surface area is 235 Å². The van der Waals surface area contributed by atoms with Crippen LogP contribution in [0.25, 0.3) is 0 Å². The molecule has 11 nitrogen and oxygen atoms in total. The van der Waals surface area contributed by atoms with E-state index in [4.69, 9.17) is 5.11 Å². The maximum Gasteiger partial charge on any atom is 0.305 e. The van der Waals surface area contributed by atoms with Gasteiger partial charge in [-0.15, -0.1) is 0 Å². The lowest BCUT2D eigenvalue weighted by Gasteiger charge is -2.25. The van der Waals surface area contributed by atoms with Gasteiger partial charge in [0.2, 0.25) is 12.1 Å². The molecule has 4 N–H and O–H groups in total. The van der Waals surface area contributed by atoms with Crippen LogP contribution in [0, 0.1) is 13.8 Å². The van der Waals surface area contributed by atoms with Crippen molar-refractivity contribution in [2.75, 3.05) is 11.4 Å². The molecule has 1 aliphatic heterocycles. The highest BCUT2D eigenvalue weighted by Gasteiger charge is 2.34. The third-order valence-electron chi connectivity index (χ3n) is 6.48. The summed E-state index contributed by atoms with van der Waals surface area (Å²) in [4.78, 5) is 68.3. The highest BCUT2D eigenvalue weighted by atomic mass is 16.4. The standard InChI is InChI=1S/C30H28N4O7/c1-17-12-20(13-18(2)27(17)39)29(40)33-28-30(41)34(15-24(36)31-21(16-35)14-25(37)38)23-11-7-6-10-22(23)26(32-28)19-8-4-3-5-9-19/h3-13,16,21,28,39H,14-15H2,1-2H3,(H,31,36)(H,33,40)(H,37,38)/t21-,28?/m0/s1. The number of phenols is 1. The smallest absolute Gasteiger partial charge is 0.305 e. The molecule has 3 aromatic carbocycles. The molecule has 0 radical (unpaired) electrons. The van der Waals surface area contributed by atoms with Crippen molar-refractivity contribution in [3.63, 3.8) is 0 Å². The minimum Gasteiger partial charge on any atom is -0.507 e. The van der Waals surface area contributed by atoms with Crippen molar-refractivity contribution in [3.05, 3.63) is 94.5 Å². The van der Waals surface area contributed by atoms with E-state index in [1.54, 1.807) is 62.4 Å². The van der Waals surface area contributed by atoms with E-state index in [2.05, 4.69) is 15.6 Å². The van der Waals surface area contributed by atoms with E-state index in [-0.39, 0.29) is 11.3 Å². The summed E-state index contributed by atoms with van der Waals surface area (Å²) in [6.45, 7) is 2.73. The van der Waals surface area contributed by atoms with Crippen LogP contribution in [-0.2, 0) is 19.2 Å². The Morgan fingerprint density at radius 1 is 1.02 bits per heavy atom. The number of benzene rings is 3. The fraction of sp³-hybridized carbons (Fsp3) is 0.200. The molecule has 41 heavy (non-hydrogen) atoms. The predicted octanol–water partition coefficient (Wildman–Crippen LogP) is 2.11. The minimum atomic E-state index is -1.45. The van der Waals surface area contributed by atoms with Gasteiger partial charge in [-0.2, -0.15) is 0 Å². The van der Waals surface area contributed by atoms with Gasteiger partial charge in [0.15, 0.2) is 0 Å². The third kappa shape index (κ3) is 6.47. The first kappa shape index (κ1) is 28.7. The topological polar surface area (TPSA) is 165 Å². The molecule has 1 unspecified atom stereocenters. The summed E-state index contributed by atoms with van der Waals surface area (Å²) < 4.78 is 0. The lowest BCUT2D eigenvalue weighted by Crippen LogP contribution is -2.51. The first-order valence-corrected chi connectivity index (χ1v) is 12.7. The van der Waals surface area contributed by atoms with Gasteiger partial charge in [0.1, 0.15) is 18.6 Å². The molecule has 1 aliphatic rings. The SMILES string of the molecule is Cc1cc(C(=O)NC2N=C(c3ccccc3)c3ccccc3N(CC(=O)N[C@H](C=O)CC(=O)O)C2=O)cc(C)c1O. The fourth-order valence-corrected chi connectivity index (χ4v) is 4.52.